The Morgan fingerprint density at radius 1 is 0.920 bits per heavy atom. The highest BCUT2D eigenvalue weighted by Crippen LogP contribution is 2.67. The smallest absolute Gasteiger partial charge is 0.306 e. The van der Waals surface area contributed by atoms with Crippen LogP contribution in [0, 0.1) is 60.2 Å². The van der Waals surface area contributed by atoms with E-state index in [-0.39, 0.29) is 12.1 Å². The fraction of sp³-hybridized carbons (Fsp3) is 0.809. The lowest BCUT2D eigenvalue weighted by atomic mass is 9.47. The first kappa shape index (κ1) is 39.4. The van der Waals surface area contributed by atoms with E-state index in [9.17, 15) is 4.79 Å². The summed E-state index contributed by atoms with van der Waals surface area (Å²) in [5.41, 5.74) is 5.10. The molecule has 8 atom stereocenters. The molecule has 1 heterocycles. The summed E-state index contributed by atoms with van der Waals surface area (Å²) in [6.45, 7) is 19.2. The molecule has 0 aliphatic heterocycles. The van der Waals surface area contributed by atoms with Crippen molar-refractivity contribution in [3.05, 3.63) is 40.4 Å². The Hall–Kier alpha value is -1.77. The van der Waals surface area contributed by atoms with Gasteiger partial charge in [-0.3, -0.25) is 4.79 Å². The average molecular weight is 689 g/mol. The van der Waals surface area contributed by atoms with E-state index in [4.69, 9.17) is 9.15 Å². The van der Waals surface area contributed by atoms with Crippen molar-refractivity contribution in [2.45, 2.75) is 196 Å². The van der Waals surface area contributed by atoms with Gasteiger partial charge in [0.2, 0.25) is 0 Å². The van der Waals surface area contributed by atoms with Gasteiger partial charge in [0.25, 0.3) is 0 Å². The number of furan rings is 1. The second kappa shape index (κ2) is 17.8. The van der Waals surface area contributed by atoms with Gasteiger partial charge in [-0.1, -0.05) is 104 Å². The number of rotatable bonds is 18. The van der Waals surface area contributed by atoms with Crippen molar-refractivity contribution in [3.8, 4) is 0 Å². The van der Waals surface area contributed by atoms with Crippen LogP contribution in [0.2, 0.25) is 0 Å². The Morgan fingerprint density at radius 3 is 2.44 bits per heavy atom. The average Bonchev–Trinajstić information content (AvgIpc) is 3.57. The highest BCUT2D eigenvalue weighted by molar-refractivity contribution is 5.69. The van der Waals surface area contributed by atoms with E-state index in [1.165, 1.54) is 94.6 Å². The van der Waals surface area contributed by atoms with Crippen LogP contribution in [0.3, 0.4) is 0 Å². The third-order valence-electron chi connectivity index (χ3n) is 14.9. The zero-order valence-corrected chi connectivity index (χ0v) is 33.8. The molecule has 0 spiro atoms. The van der Waals surface area contributed by atoms with E-state index in [0.29, 0.717) is 17.3 Å². The van der Waals surface area contributed by atoms with Crippen LogP contribution in [-0.4, -0.2) is 12.1 Å². The van der Waals surface area contributed by atoms with Crippen LogP contribution in [0.1, 0.15) is 193 Å². The number of hydrogen-bond acceptors (Lipinski definition) is 3. The third kappa shape index (κ3) is 9.05. The van der Waals surface area contributed by atoms with Gasteiger partial charge in [0, 0.05) is 19.3 Å². The Kier molecular flexibility index (Phi) is 14.1. The lowest BCUT2D eigenvalue weighted by Gasteiger charge is -2.58. The van der Waals surface area contributed by atoms with Crippen LogP contribution >= 0.6 is 0 Å². The summed E-state index contributed by atoms with van der Waals surface area (Å²) >= 11 is 0. The number of fused-ring (bicyclic) bond motifs is 5. The quantitative estimate of drug-likeness (QED) is 0.0875. The molecule has 0 N–H and O–H groups in total. The molecule has 50 heavy (non-hydrogen) atoms. The van der Waals surface area contributed by atoms with Crippen molar-refractivity contribution < 1.29 is 13.9 Å². The number of carbonyl (C=O) groups excluding carboxylic acids is 1. The van der Waals surface area contributed by atoms with Gasteiger partial charge in [-0.15, -0.1) is 0 Å². The van der Waals surface area contributed by atoms with Gasteiger partial charge < -0.3 is 9.15 Å². The zero-order valence-electron chi connectivity index (χ0n) is 33.8. The predicted octanol–water partition coefficient (Wildman–Crippen LogP) is 13.9. The van der Waals surface area contributed by atoms with Crippen LogP contribution in [0.5, 0.6) is 0 Å². The highest BCUT2D eigenvalue weighted by atomic mass is 16.5. The first-order valence-corrected chi connectivity index (χ1v) is 21.6. The van der Waals surface area contributed by atoms with Crippen LogP contribution in [-0.2, 0) is 16.0 Å². The molecule has 1 aromatic heterocycles. The Labute approximate surface area is 308 Å². The maximum atomic E-state index is 12.9. The number of allylic oxidation sites excluding steroid dienone is 2. The Balaban J connectivity index is 0.983. The van der Waals surface area contributed by atoms with Gasteiger partial charge in [-0.05, 0) is 148 Å². The predicted molar refractivity (Wildman–Crippen MR) is 211 cm³/mol. The lowest BCUT2D eigenvalue weighted by molar-refractivity contribution is -0.151. The maximum absolute atomic E-state index is 12.9. The molecule has 3 heteroatoms. The van der Waals surface area contributed by atoms with Crippen LogP contribution in [0.25, 0.3) is 6.08 Å². The molecule has 4 aliphatic carbocycles. The number of esters is 1. The molecule has 0 bridgehead atoms. The third-order valence-corrected chi connectivity index (χ3v) is 14.9. The minimum Gasteiger partial charge on any atom is -0.462 e. The van der Waals surface area contributed by atoms with Gasteiger partial charge in [0.15, 0.2) is 0 Å². The molecule has 0 amide bonds. The molecule has 0 saturated heterocycles. The summed E-state index contributed by atoms with van der Waals surface area (Å²) in [4.78, 5) is 12.9. The topological polar surface area (TPSA) is 39.4 Å². The van der Waals surface area contributed by atoms with E-state index in [2.05, 4.69) is 73.6 Å². The van der Waals surface area contributed by atoms with E-state index in [1.807, 2.05) is 0 Å². The molecule has 8 unspecified atom stereocenters. The fourth-order valence-corrected chi connectivity index (χ4v) is 11.7. The summed E-state index contributed by atoms with van der Waals surface area (Å²) in [5.74, 6) is 7.44. The van der Waals surface area contributed by atoms with Gasteiger partial charge in [-0.25, -0.2) is 0 Å². The molecule has 3 nitrogen and oxygen atoms in total. The van der Waals surface area contributed by atoms with Gasteiger partial charge >= 0.3 is 5.97 Å². The standard InChI is InChI=1S/C47H76O3/c1-9-19-43-35(5)36(6)44(50-43)22-16-14-12-10-11-13-15-17-23-45(48)49-38-28-30-46(7)37(32-38)24-25-39-41-27-26-40(34(4)21-18-20-33(2)3)47(41,8)31-29-42(39)46/h16,22,24,33-34,38-42H,9-15,17-21,23,25-32H2,1-8H3/b22-16+. The number of hydrogen-bond donors (Lipinski definition) is 0. The monoisotopic (exact) mass is 689 g/mol. The van der Waals surface area contributed by atoms with Crippen molar-refractivity contribution in [1.82, 2.24) is 0 Å². The Morgan fingerprint density at radius 2 is 1.68 bits per heavy atom. The van der Waals surface area contributed by atoms with Crippen molar-refractivity contribution in [2.24, 2.45) is 46.3 Å². The highest BCUT2D eigenvalue weighted by Gasteiger charge is 2.59. The summed E-state index contributed by atoms with van der Waals surface area (Å²) in [7, 11) is 0. The SMILES string of the molecule is CCCc1oc(/C=C/CCCCCCCCC(=O)OC2CCC3(C)C(=CCC4C3CCC3(C)C(C(C)CCCC(C)C)CCC43)C2)c(C)c1C. The molecule has 4 aliphatic rings. The molecule has 0 aromatic carbocycles. The van der Waals surface area contributed by atoms with Crippen LogP contribution in [0.15, 0.2) is 22.1 Å². The minimum absolute atomic E-state index is 0.0384. The fourth-order valence-electron chi connectivity index (χ4n) is 11.7. The summed E-state index contributed by atoms with van der Waals surface area (Å²) in [5, 5.41) is 0. The van der Waals surface area contributed by atoms with Gasteiger partial charge in [-0.2, -0.15) is 0 Å². The van der Waals surface area contributed by atoms with Crippen LogP contribution < -0.4 is 0 Å². The van der Waals surface area contributed by atoms with Crippen molar-refractivity contribution in [3.63, 3.8) is 0 Å². The number of carbonyl (C=O) groups is 1. The second-order valence-corrected chi connectivity index (χ2v) is 18.6. The molecule has 282 valence electrons. The largest absolute Gasteiger partial charge is 0.462 e. The molecule has 0 radical (unpaired) electrons. The van der Waals surface area contributed by atoms with Gasteiger partial charge in [0.1, 0.15) is 17.6 Å². The number of ether oxygens (including phenoxy) is 1. The van der Waals surface area contributed by atoms with Gasteiger partial charge in [0.05, 0.1) is 0 Å². The first-order valence-electron chi connectivity index (χ1n) is 21.6. The zero-order chi connectivity index (χ0) is 35.9. The van der Waals surface area contributed by atoms with E-state index in [1.54, 1.807) is 5.57 Å². The summed E-state index contributed by atoms with van der Waals surface area (Å²) in [6.07, 6.45) is 32.5. The maximum Gasteiger partial charge on any atom is 0.306 e. The summed E-state index contributed by atoms with van der Waals surface area (Å²) < 4.78 is 12.2. The van der Waals surface area contributed by atoms with E-state index in [0.717, 1.165) is 92.0 Å². The molecule has 1 aromatic rings. The molecule has 5 rings (SSSR count). The molecule has 3 saturated carbocycles. The first-order chi connectivity index (χ1) is 24.0. The molecular weight excluding hydrogens is 613 g/mol. The van der Waals surface area contributed by atoms with Crippen LogP contribution in [0.4, 0.5) is 0 Å². The van der Waals surface area contributed by atoms with Crippen molar-refractivity contribution in [1.29, 1.82) is 0 Å². The lowest BCUT2D eigenvalue weighted by Crippen LogP contribution is -2.51. The normalized spacial score (nSPS) is 31.4. The number of aryl methyl sites for hydroxylation is 1. The molecule has 3 fully saturated rings. The molecular formula is C47H76O3. The van der Waals surface area contributed by atoms with Crippen molar-refractivity contribution >= 4 is 12.0 Å². The minimum atomic E-state index is 0.0384. The van der Waals surface area contributed by atoms with E-state index < -0.39 is 0 Å². The van der Waals surface area contributed by atoms with E-state index >= 15 is 0 Å². The van der Waals surface area contributed by atoms with Crippen molar-refractivity contribution in [2.75, 3.05) is 0 Å². The second-order valence-electron chi connectivity index (χ2n) is 18.6. The summed E-state index contributed by atoms with van der Waals surface area (Å²) in [6, 6.07) is 0. The number of unbranched alkanes of at least 4 members (excludes halogenated alkanes) is 6. The Bertz CT molecular complexity index is 1300.